The van der Waals surface area contributed by atoms with E-state index in [0.29, 0.717) is 11.3 Å². The lowest BCUT2D eigenvalue weighted by Crippen LogP contribution is -2.37. The molecule has 1 aromatic heterocycles. The van der Waals surface area contributed by atoms with E-state index >= 15 is 0 Å². The Bertz CT molecular complexity index is 942. The molecule has 144 valence electrons. The maximum atomic E-state index is 12.1. The zero-order valence-corrected chi connectivity index (χ0v) is 16.0. The number of hydrogen-bond donors (Lipinski definition) is 3. The molecule has 3 N–H and O–H groups in total. The second kappa shape index (κ2) is 9.20. The summed E-state index contributed by atoms with van der Waals surface area (Å²) in [7, 11) is 0. The number of para-hydroxylation sites is 1. The average Bonchev–Trinajstić information content (AvgIpc) is 3.27. The van der Waals surface area contributed by atoms with E-state index in [0.717, 1.165) is 10.6 Å². The number of hydrogen-bond acceptors (Lipinski definition) is 5. The number of thioether (sulfide) groups is 1. The summed E-state index contributed by atoms with van der Waals surface area (Å²) in [5.74, 6) is -1.58. The quantitative estimate of drug-likeness (QED) is 0.439. The molecule has 0 radical (unpaired) electrons. The number of amides is 2. The number of aliphatic hydroxyl groups excluding tert-OH is 1. The molecule has 2 aromatic carbocycles. The average molecular weight is 396 g/mol. The Morgan fingerprint density at radius 3 is 2.54 bits per heavy atom. The molecule has 0 aliphatic carbocycles. The zero-order chi connectivity index (χ0) is 19.9. The number of nitrogens with one attached hydrogen (secondary N) is 2. The Kier molecular flexibility index (Phi) is 6.46. The molecule has 0 aliphatic heterocycles. The third-order valence-corrected chi connectivity index (χ3v) is 4.86. The van der Waals surface area contributed by atoms with Crippen molar-refractivity contribution in [3.63, 3.8) is 0 Å². The monoisotopic (exact) mass is 396 g/mol. The smallest absolute Gasteiger partial charge is 0.313 e. The third-order valence-electron chi connectivity index (χ3n) is 4.06. The fourth-order valence-corrected chi connectivity index (χ4v) is 3.14. The fraction of sp³-hybridized carbons (Fsp3) is 0.150. The van der Waals surface area contributed by atoms with Crippen molar-refractivity contribution in [2.24, 2.45) is 0 Å². The van der Waals surface area contributed by atoms with Crippen LogP contribution in [0.25, 0.3) is 5.69 Å². The van der Waals surface area contributed by atoms with Crippen LogP contribution in [0.1, 0.15) is 11.7 Å². The third kappa shape index (κ3) is 4.79. The molecule has 3 rings (SSSR count). The molecule has 1 heterocycles. The first-order valence-corrected chi connectivity index (χ1v) is 9.81. The first-order valence-electron chi connectivity index (χ1n) is 8.58. The molecule has 7 nitrogen and oxygen atoms in total. The van der Waals surface area contributed by atoms with Crippen molar-refractivity contribution < 1.29 is 14.7 Å². The summed E-state index contributed by atoms with van der Waals surface area (Å²) in [6.07, 6.45) is 4.46. The van der Waals surface area contributed by atoms with Gasteiger partial charge in [-0.1, -0.05) is 24.3 Å². The van der Waals surface area contributed by atoms with Crippen LogP contribution in [-0.4, -0.2) is 39.5 Å². The van der Waals surface area contributed by atoms with E-state index in [1.165, 1.54) is 11.8 Å². The van der Waals surface area contributed by atoms with Gasteiger partial charge in [0.05, 0.1) is 17.5 Å². The standard InChI is InChI=1S/C20H20N4O3S/c1-28-18-6-3-2-5-16(18)23-20(27)19(26)21-13-17(25)14-7-9-15(10-8-14)24-12-4-11-22-24/h2-12,17,25H,13H2,1H3,(H,21,26)(H,23,27). The molecule has 28 heavy (non-hydrogen) atoms. The van der Waals surface area contributed by atoms with E-state index in [2.05, 4.69) is 15.7 Å². The Hall–Kier alpha value is -3.10. The number of rotatable bonds is 6. The summed E-state index contributed by atoms with van der Waals surface area (Å²) in [6, 6.07) is 16.2. The molecule has 0 spiro atoms. The number of aliphatic hydroxyl groups is 1. The van der Waals surface area contributed by atoms with Crippen molar-refractivity contribution >= 4 is 29.3 Å². The first kappa shape index (κ1) is 19.7. The number of nitrogens with zero attached hydrogens (tertiary/aromatic N) is 2. The number of carbonyl (C=O) groups excluding carboxylic acids is 2. The van der Waals surface area contributed by atoms with Crippen molar-refractivity contribution in [1.82, 2.24) is 15.1 Å². The van der Waals surface area contributed by atoms with E-state index in [-0.39, 0.29) is 6.54 Å². The number of anilines is 1. The Morgan fingerprint density at radius 2 is 1.86 bits per heavy atom. The maximum absolute atomic E-state index is 12.1. The van der Waals surface area contributed by atoms with Gasteiger partial charge < -0.3 is 15.7 Å². The summed E-state index contributed by atoms with van der Waals surface area (Å²) < 4.78 is 1.70. The highest BCUT2D eigenvalue weighted by atomic mass is 32.2. The molecule has 0 saturated carbocycles. The molecular formula is C20H20N4O3S. The minimum absolute atomic E-state index is 0.0719. The summed E-state index contributed by atoms with van der Waals surface area (Å²) in [5, 5.41) is 19.5. The van der Waals surface area contributed by atoms with Crippen molar-refractivity contribution in [2.75, 3.05) is 18.1 Å². The van der Waals surface area contributed by atoms with E-state index in [1.54, 1.807) is 35.1 Å². The molecule has 1 atom stereocenters. The van der Waals surface area contributed by atoms with Crippen LogP contribution in [0.2, 0.25) is 0 Å². The van der Waals surface area contributed by atoms with Crippen LogP contribution < -0.4 is 10.6 Å². The second-order valence-electron chi connectivity index (χ2n) is 5.92. The van der Waals surface area contributed by atoms with Gasteiger partial charge in [-0.25, -0.2) is 4.68 Å². The van der Waals surface area contributed by atoms with Gasteiger partial charge in [-0.3, -0.25) is 9.59 Å². The minimum Gasteiger partial charge on any atom is -0.387 e. The van der Waals surface area contributed by atoms with Crippen LogP contribution >= 0.6 is 11.8 Å². The van der Waals surface area contributed by atoms with Gasteiger partial charge in [0.25, 0.3) is 0 Å². The topological polar surface area (TPSA) is 96.3 Å². The second-order valence-corrected chi connectivity index (χ2v) is 6.77. The lowest BCUT2D eigenvalue weighted by Gasteiger charge is -2.13. The molecule has 1 unspecified atom stereocenters. The summed E-state index contributed by atoms with van der Waals surface area (Å²) >= 11 is 1.47. The highest BCUT2D eigenvalue weighted by Crippen LogP contribution is 2.24. The van der Waals surface area contributed by atoms with Crippen molar-refractivity contribution in [2.45, 2.75) is 11.0 Å². The van der Waals surface area contributed by atoms with Crippen LogP contribution in [0.4, 0.5) is 5.69 Å². The van der Waals surface area contributed by atoms with Gasteiger partial charge in [0.2, 0.25) is 0 Å². The van der Waals surface area contributed by atoms with Gasteiger partial charge in [-0.15, -0.1) is 11.8 Å². The predicted octanol–water partition coefficient (Wildman–Crippen LogP) is 2.38. The van der Waals surface area contributed by atoms with E-state index in [9.17, 15) is 14.7 Å². The normalized spacial score (nSPS) is 11.6. The SMILES string of the molecule is CSc1ccccc1NC(=O)C(=O)NCC(O)c1ccc(-n2cccn2)cc1. The Labute approximate surface area is 166 Å². The number of carbonyl (C=O) groups is 2. The van der Waals surface area contributed by atoms with Gasteiger partial charge in [0.15, 0.2) is 0 Å². The van der Waals surface area contributed by atoms with Crippen LogP contribution in [0.3, 0.4) is 0 Å². The van der Waals surface area contributed by atoms with Gasteiger partial charge in [-0.2, -0.15) is 5.10 Å². The van der Waals surface area contributed by atoms with Gasteiger partial charge >= 0.3 is 11.8 Å². The number of benzene rings is 2. The van der Waals surface area contributed by atoms with E-state index in [1.807, 2.05) is 42.8 Å². The summed E-state index contributed by atoms with van der Waals surface area (Å²) in [6.45, 7) is -0.0719. The molecule has 0 aliphatic rings. The van der Waals surface area contributed by atoms with Gasteiger partial charge in [-0.05, 0) is 42.2 Å². The molecular weight excluding hydrogens is 376 g/mol. The molecule has 8 heteroatoms. The maximum Gasteiger partial charge on any atom is 0.313 e. The largest absolute Gasteiger partial charge is 0.387 e. The van der Waals surface area contributed by atoms with Crippen molar-refractivity contribution in [1.29, 1.82) is 0 Å². The Morgan fingerprint density at radius 1 is 1.11 bits per heavy atom. The van der Waals surface area contributed by atoms with Crippen LogP contribution in [0.5, 0.6) is 0 Å². The Balaban J connectivity index is 1.54. The number of aromatic nitrogens is 2. The summed E-state index contributed by atoms with van der Waals surface area (Å²) in [4.78, 5) is 25.0. The van der Waals surface area contributed by atoms with E-state index in [4.69, 9.17) is 0 Å². The molecule has 0 bridgehead atoms. The lowest BCUT2D eigenvalue weighted by molar-refractivity contribution is -0.136. The first-order chi connectivity index (χ1) is 13.6. The zero-order valence-electron chi connectivity index (χ0n) is 15.2. The van der Waals surface area contributed by atoms with Crippen LogP contribution in [0, 0.1) is 0 Å². The lowest BCUT2D eigenvalue weighted by atomic mass is 10.1. The van der Waals surface area contributed by atoms with Gasteiger partial charge in [0.1, 0.15) is 0 Å². The van der Waals surface area contributed by atoms with Crippen molar-refractivity contribution in [3.8, 4) is 5.69 Å². The van der Waals surface area contributed by atoms with Gasteiger partial charge in [0, 0.05) is 23.8 Å². The highest BCUT2D eigenvalue weighted by molar-refractivity contribution is 7.98. The highest BCUT2D eigenvalue weighted by Gasteiger charge is 2.17. The van der Waals surface area contributed by atoms with Crippen LogP contribution in [0.15, 0.2) is 71.9 Å². The predicted molar refractivity (Wildman–Crippen MR) is 108 cm³/mol. The minimum atomic E-state index is -0.929. The van der Waals surface area contributed by atoms with Crippen molar-refractivity contribution in [3.05, 3.63) is 72.6 Å². The molecule has 3 aromatic rings. The molecule has 0 saturated heterocycles. The fourth-order valence-electron chi connectivity index (χ4n) is 2.59. The van der Waals surface area contributed by atoms with Crippen LogP contribution in [-0.2, 0) is 9.59 Å². The molecule has 2 amide bonds. The summed E-state index contributed by atoms with van der Waals surface area (Å²) in [5.41, 5.74) is 2.06. The molecule has 0 fully saturated rings. The van der Waals surface area contributed by atoms with E-state index < -0.39 is 17.9 Å².